The van der Waals surface area contributed by atoms with Gasteiger partial charge in [0.25, 0.3) is 5.91 Å². The van der Waals surface area contributed by atoms with E-state index in [1.165, 1.54) is 11.3 Å². The van der Waals surface area contributed by atoms with Crippen molar-refractivity contribution in [2.45, 2.75) is 13.5 Å². The van der Waals surface area contributed by atoms with Crippen LogP contribution in [0.3, 0.4) is 0 Å². The van der Waals surface area contributed by atoms with Crippen molar-refractivity contribution < 1.29 is 4.79 Å². The van der Waals surface area contributed by atoms with Crippen molar-refractivity contribution >= 4 is 45.6 Å². The second-order valence-electron chi connectivity index (χ2n) is 6.39. The number of nitrogens with one attached hydrogen (secondary N) is 1. The van der Waals surface area contributed by atoms with E-state index in [0.29, 0.717) is 33.1 Å². The first-order valence-corrected chi connectivity index (χ1v) is 10.4. The number of nitrogens with zero attached hydrogens (tertiary/aromatic N) is 3. The Morgan fingerprint density at radius 1 is 1.10 bits per heavy atom. The van der Waals surface area contributed by atoms with Gasteiger partial charge in [-0.25, -0.2) is 9.67 Å². The highest BCUT2D eigenvalue weighted by Crippen LogP contribution is 2.27. The van der Waals surface area contributed by atoms with E-state index in [2.05, 4.69) is 15.4 Å². The van der Waals surface area contributed by atoms with Crippen molar-refractivity contribution in [3.63, 3.8) is 0 Å². The van der Waals surface area contributed by atoms with E-state index in [-0.39, 0.29) is 5.91 Å². The monoisotopic (exact) mass is 442 g/mol. The first-order valence-electron chi connectivity index (χ1n) is 8.81. The minimum absolute atomic E-state index is 0.304. The van der Waals surface area contributed by atoms with Crippen LogP contribution in [-0.4, -0.2) is 20.7 Å². The standard InChI is InChI=1S/C21H16Cl2N4OS/c1-13-18(19(23)27(26-13)11-14-5-3-2-4-6-14)20(28)25-21-24-17(12-29-21)15-7-9-16(22)10-8-15/h2-10,12H,11H2,1H3,(H,24,25,28). The first-order chi connectivity index (χ1) is 14.0. The third kappa shape index (κ3) is 4.34. The molecule has 8 heteroatoms. The number of rotatable bonds is 5. The molecule has 0 spiro atoms. The summed E-state index contributed by atoms with van der Waals surface area (Å²) in [5, 5.41) is 10.6. The number of anilines is 1. The predicted molar refractivity (Wildman–Crippen MR) is 118 cm³/mol. The molecule has 0 bridgehead atoms. The van der Waals surface area contributed by atoms with E-state index >= 15 is 0 Å². The molecule has 1 amide bonds. The van der Waals surface area contributed by atoms with Gasteiger partial charge in [-0.1, -0.05) is 65.7 Å². The summed E-state index contributed by atoms with van der Waals surface area (Å²) in [5.74, 6) is -0.330. The highest BCUT2D eigenvalue weighted by molar-refractivity contribution is 7.14. The molecule has 2 aromatic heterocycles. The van der Waals surface area contributed by atoms with Crippen LogP contribution in [0.25, 0.3) is 11.3 Å². The Balaban J connectivity index is 1.52. The molecule has 0 saturated carbocycles. The van der Waals surface area contributed by atoms with Crippen LogP contribution in [0.1, 0.15) is 21.6 Å². The summed E-state index contributed by atoms with van der Waals surface area (Å²) in [6.07, 6.45) is 0. The van der Waals surface area contributed by atoms with Crippen LogP contribution in [0.2, 0.25) is 10.2 Å². The molecule has 29 heavy (non-hydrogen) atoms. The molecule has 5 nitrogen and oxygen atoms in total. The maximum atomic E-state index is 12.8. The molecule has 1 N–H and O–H groups in total. The van der Waals surface area contributed by atoms with E-state index in [4.69, 9.17) is 23.2 Å². The summed E-state index contributed by atoms with van der Waals surface area (Å²) in [6.45, 7) is 2.26. The molecule has 0 aliphatic rings. The lowest BCUT2D eigenvalue weighted by atomic mass is 10.2. The molecule has 146 valence electrons. The van der Waals surface area contributed by atoms with Gasteiger partial charge in [0.1, 0.15) is 5.15 Å². The number of hydrogen-bond donors (Lipinski definition) is 1. The third-order valence-corrected chi connectivity index (χ3v) is 5.73. The number of benzene rings is 2. The highest BCUT2D eigenvalue weighted by atomic mass is 35.5. The fourth-order valence-electron chi connectivity index (χ4n) is 2.92. The number of halogens is 2. The highest BCUT2D eigenvalue weighted by Gasteiger charge is 2.21. The fraction of sp³-hybridized carbons (Fsp3) is 0.0952. The molecule has 4 aromatic rings. The molecule has 0 radical (unpaired) electrons. The van der Waals surface area contributed by atoms with Crippen molar-refractivity contribution in [2.24, 2.45) is 0 Å². The summed E-state index contributed by atoms with van der Waals surface area (Å²) >= 11 is 13.7. The van der Waals surface area contributed by atoms with Crippen molar-refractivity contribution in [3.8, 4) is 11.3 Å². The number of aryl methyl sites for hydroxylation is 1. The summed E-state index contributed by atoms with van der Waals surface area (Å²) in [5.41, 5.74) is 3.67. The van der Waals surface area contributed by atoms with Gasteiger partial charge >= 0.3 is 0 Å². The van der Waals surface area contributed by atoms with Gasteiger partial charge in [0.05, 0.1) is 23.5 Å². The summed E-state index contributed by atoms with van der Waals surface area (Å²) in [7, 11) is 0. The molecule has 0 fully saturated rings. The molecule has 2 aromatic carbocycles. The zero-order valence-corrected chi connectivity index (χ0v) is 17.7. The minimum Gasteiger partial charge on any atom is -0.298 e. The Morgan fingerprint density at radius 3 is 2.55 bits per heavy atom. The average Bonchev–Trinajstić information content (AvgIpc) is 3.27. The summed E-state index contributed by atoms with van der Waals surface area (Å²) in [6, 6.07) is 17.2. The molecule has 2 heterocycles. The number of aromatic nitrogens is 3. The average molecular weight is 443 g/mol. The molecule has 4 rings (SSSR count). The van der Waals surface area contributed by atoms with Gasteiger partial charge in [0.15, 0.2) is 5.13 Å². The Labute approximate surface area is 181 Å². The van der Waals surface area contributed by atoms with Crippen LogP contribution in [-0.2, 0) is 6.54 Å². The molecular weight excluding hydrogens is 427 g/mol. The summed E-state index contributed by atoms with van der Waals surface area (Å²) in [4.78, 5) is 17.3. The van der Waals surface area contributed by atoms with Crippen molar-refractivity contribution in [2.75, 3.05) is 5.32 Å². The van der Waals surface area contributed by atoms with Crippen molar-refractivity contribution in [1.82, 2.24) is 14.8 Å². The largest absolute Gasteiger partial charge is 0.298 e. The first kappa shape index (κ1) is 19.6. The van der Waals surface area contributed by atoms with Gasteiger partial charge in [0.2, 0.25) is 0 Å². The van der Waals surface area contributed by atoms with E-state index in [9.17, 15) is 4.79 Å². The van der Waals surface area contributed by atoms with E-state index in [0.717, 1.165) is 16.8 Å². The van der Waals surface area contributed by atoms with Crippen LogP contribution in [0, 0.1) is 6.92 Å². The van der Waals surface area contributed by atoms with Crippen LogP contribution in [0.4, 0.5) is 5.13 Å². The Bertz CT molecular complexity index is 1150. The molecular formula is C21H16Cl2N4OS. The zero-order valence-electron chi connectivity index (χ0n) is 15.4. The Hall–Kier alpha value is -2.67. The number of hydrogen-bond acceptors (Lipinski definition) is 4. The van der Waals surface area contributed by atoms with Gasteiger partial charge in [-0.15, -0.1) is 11.3 Å². The fourth-order valence-corrected chi connectivity index (χ4v) is 4.08. The van der Waals surface area contributed by atoms with Gasteiger partial charge in [-0.05, 0) is 24.6 Å². The van der Waals surface area contributed by atoms with Gasteiger partial charge < -0.3 is 0 Å². The molecule has 0 aliphatic heterocycles. The second kappa shape index (κ2) is 8.37. The number of amides is 1. The zero-order chi connectivity index (χ0) is 20.4. The maximum absolute atomic E-state index is 12.8. The topological polar surface area (TPSA) is 59.8 Å². The molecule has 0 atom stereocenters. The third-order valence-electron chi connectivity index (χ3n) is 4.33. The molecule has 0 saturated heterocycles. The van der Waals surface area contributed by atoms with Crippen molar-refractivity contribution in [3.05, 3.63) is 87.0 Å². The van der Waals surface area contributed by atoms with E-state index in [1.54, 1.807) is 23.7 Å². The van der Waals surface area contributed by atoms with Crippen LogP contribution in [0.5, 0.6) is 0 Å². The number of thiazole rings is 1. The van der Waals surface area contributed by atoms with Crippen LogP contribution >= 0.6 is 34.5 Å². The van der Waals surface area contributed by atoms with E-state index in [1.807, 2.05) is 47.8 Å². The summed E-state index contributed by atoms with van der Waals surface area (Å²) < 4.78 is 1.63. The second-order valence-corrected chi connectivity index (χ2v) is 8.05. The smallest absolute Gasteiger partial charge is 0.262 e. The number of carbonyl (C=O) groups excluding carboxylic acids is 1. The maximum Gasteiger partial charge on any atom is 0.262 e. The SMILES string of the molecule is Cc1nn(Cc2ccccc2)c(Cl)c1C(=O)Nc1nc(-c2ccc(Cl)cc2)cs1. The number of carbonyl (C=O) groups is 1. The van der Waals surface area contributed by atoms with Crippen molar-refractivity contribution in [1.29, 1.82) is 0 Å². The molecule has 0 unspecified atom stereocenters. The Morgan fingerprint density at radius 2 is 1.83 bits per heavy atom. The quantitative estimate of drug-likeness (QED) is 0.416. The van der Waals surface area contributed by atoms with Gasteiger partial charge in [-0.2, -0.15) is 5.10 Å². The Kier molecular flexibility index (Phi) is 5.67. The lowest BCUT2D eigenvalue weighted by Gasteiger charge is -2.04. The lowest BCUT2D eigenvalue weighted by molar-refractivity contribution is 0.102. The predicted octanol–water partition coefficient (Wildman–Crippen LogP) is 5.92. The minimum atomic E-state index is -0.330. The van der Waals surface area contributed by atoms with Gasteiger partial charge in [0, 0.05) is 16.0 Å². The van der Waals surface area contributed by atoms with E-state index < -0.39 is 0 Å². The van der Waals surface area contributed by atoms with Crippen LogP contribution in [0.15, 0.2) is 60.0 Å². The molecule has 0 aliphatic carbocycles. The lowest BCUT2D eigenvalue weighted by Crippen LogP contribution is -2.13. The van der Waals surface area contributed by atoms with Gasteiger partial charge in [-0.3, -0.25) is 10.1 Å². The van der Waals surface area contributed by atoms with Crippen LogP contribution < -0.4 is 5.32 Å². The normalized spacial score (nSPS) is 10.9.